The molecule has 1 saturated heterocycles. The Balaban J connectivity index is 0.687. The molecule has 1 aliphatic carbocycles. The van der Waals surface area contributed by atoms with Crippen molar-refractivity contribution in [1.82, 2.24) is 35.7 Å². The zero-order chi connectivity index (χ0) is 62.8. The van der Waals surface area contributed by atoms with Crippen LogP contribution in [0.5, 0.6) is 0 Å². The number of ether oxygens (including phenoxy) is 9. The molecule has 2 unspecified atom stereocenters. The Morgan fingerprint density at radius 2 is 1.32 bits per heavy atom. The van der Waals surface area contributed by atoms with Gasteiger partial charge in [0.15, 0.2) is 5.60 Å². The number of pyridine rings is 2. The van der Waals surface area contributed by atoms with Crippen molar-refractivity contribution in [3.63, 3.8) is 0 Å². The van der Waals surface area contributed by atoms with E-state index in [1.807, 2.05) is 13.8 Å². The number of nitrogens with zero attached hydrogens (tertiary/aromatic N) is 3. The Kier molecular flexibility index (Phi) is 25.6. The topological polar surface area (TPSA) is 309 Å². The summed E-state index contributed by atoms with van der Waals surface area (Å²) in [5, 5.41) is 23.4. The maximum atomic E-state index is 15.5. The molecule has 2 aromatic heterocycles. The van der Waals surface area contributed by atoms with E-state index in [2.05, 4.69) is 21.3 Å². The van der Waals surface area contributed by atoms with E-state index in [0.29, 0.717) is 144 Å². The Morgan fingerprint density at radius 1 is 0.747 bits per heavy atom. The third-order valence-corrected chi connectivity index (χ3v) is 16.0. The smallest absolute Gasteiger partial charge is 0.343 e. The first-order valence-electron chi connectivity index (χ1n) is 30.2. The summed E-state index contributed by atoms with van der Waals surface area (Å²) in [7, 11) is 0. The number of aliphatic hydroxyl groups is 1. The number of hydrogen-bond donors (Lipinski definition) is 5. The molecule has 3 aliphatic heterocycles. The number of cyclic esters (lactones) is 1. The number of likely N-dealkylation sites (tertiary alicyclic amines) is 1. The molecule has 0 spiro atoms. The number of nitrogens with one attached hydrogen (secondary N) is 4. The third kappa shape index (κ3) is 17.5. The van der Waals surface area contributed by atoms with Gasteiger partial charge in [0, 0.05) is 60.8 Å². The number of imide groups is 1. The number of aromatic nitrogens is 2. The molecule has 5 atom stereocenters. The lowest BCUT2D eigenvalue weighted by Gasteiger charge is -2.31. The first-order valence-corrected chi connectivity index (χ1v) is 30.2. The zero-order valence-electron chi connectivity index (χ0n) is 51.1. The second-order valence-electron chi connectivity index (χ2n) is 22.6. The largest absolute Gasteiger partial charge is 0.458 e. The van der Waals surface area contributed by atoms with Gasteiger partial charge in [0.2, 0.25) is 35.4 Å². The standard InChI is InChI=1S/C61H86FN7O18/c1-8-61(78)44-32-48-55-42(34-69(48)59(76)43(44)35-87-60(61)77)53-46(10-9-40-38(6)45(62)33-47(65-55)52(40)53)66-56(73)39(7)64-57(74)54(37(4)5)67-50(71)12-15-79-17-19-81-21-23-83-25-27-85-29-30-86-28-26-84-24-22-82-20-18-80-16-13-63-49(70)11-14-68-51(72)31-41(36(2)3)58(68)75/h32-33,36-37,39,41,46,54,78H,8-31,34-35H2,1-7H3,(H,63,70)(H,64,74)(H,66,73)(H,67,71)/t39-,41?,46+,54?,61+/m1/s1. The van der Waals surface area contributed by atoms with Gasteiger partial charge in [0.25, 0.3) is 5.56 Å². The van der Waals surface area contributed by atoms with E-state index in [-0.39, 0.29) is 112 Å². The molecule has 25 nitrogen and oxygen atoms in total. The summed E-state index contributed by atoms with van der Waals surface area (Å²) in [5.41, 5.74) is 1.36. The first-order chi connectivity index (χ1) is 41.8. The lowest BCUT2D eigenvalue weighted by Crippen LogP contribution is -2.55. The van der Waals surface area contributed by atoms with E-state index in [9.17, 15) is 43.5 Å². The molecule has 5 heterocycles. The highest BCUT2D eigenvalue weighted by Gasteiger charge is 2.46. The summed E-state index contributed by atoms with van der Waals surface area (Å²) in [5.74, 6) is -4.00. The van der Waals surface area contributed by atoms with Gasteiger partial charge >= 0.3 is 5.97 Å². The van der Waals surface area contributed by atoms with Crippen LogP contribution in [0.2, 0.25) is 0 Å². The molecule has 0 saturated carbocycles. The molecular formula is C61H86FN7O18. The molecular weight excluding hydrogens is 1140 g/mol. The number of halogens is 1. The highest BCUT2D eigenvalue weighted by Crippen LogP contribution is 2.46. The number of carbonyl (C=O) groups is 7. The quantitative estimate of drug-likeness (QED) is 0.0244. The number of esters is 1. The number of rotatable bonds is 38. The average Bonchev–Trinajstić information content (AvgIpc) is 1.67. The van der Waals surface area contributed by atoms with E-state index in [0.717, 1.165) is 5.56 Å². The van der Waals surface area contributed by atoms with Crippen LogP contribution in [0.4, 0.5) is 4.39 Å². The Labute approximate surface area is 505 Å². The number of hydrogen-bond acceptors (Lipinski definition) is 19. The van der Waals surface area contributed by atoms with Crippen LogP contribution in [0.1, 0.15) is 113 Å². The van der Waals surface area contributed by atoms with E-state index < -0.39 is 58.8 Å². The summed E-state index contributed by atoms with van der Waals surface area (Å²) in [6.07, 6.45) is 1.01. The fourth-order valence-electron chi connectivity index (χ4n) is 11.0. The fourth-order valence-corrected chi connectivity index (χ4v) is 11.0. The lowest BCUT2D eigenvalue weighted by molar-refractivity contribution is -0.172. The number of amides is 6. The van der Waals surface area contributed by atoms with Crippen LogP contribution in [-0.4, -0.2) is 192 Å². The molecule has 480 valence electrons. The SMILES string of the molecule is CC[C@@]1(O)C(=O)OCc2c1cc1n(c2=O)Cc2c-1nc1cc(F)c(C)c3c1c2[C@@H](NC(=O)[C@@H](C)NC(=O)C(NC(=O)CCOCCOCCOCCOCCOCCOCCOCCOCCNC(=O)CCN1C(=O)CC(C(C)C)C1=O)C(C)C)CC3. The summed E-state index contributed by atoms with van der Waals surface area (Å²) in [6.45, 7) is 17.9. The van der Waals surface area contributed by atoms with E-state index in [1.165, 1.54) is 15.5 Å². The Morgan fingerprint density at radius 3 is 1.87 bits per heavy atom. The van der Waals surface area contributed by atoms with Crippen LogP contribution in [0, 0.1) is 30.5 Å². The van der Waals surface area contributed by atoms with Gasteiger partial charge in [-0.1, -0.05) is 34.6 Å². The van der Waals surface area contributed by atoms with Gasteiger partial charge in [-0.15, -0.1) is 0 Å². The molecule has 4 aliphatic rings. The molecule has 3 aromatic rings. The molecule has 26 heteroatoms. The molecule has 0 radical (unpaired) electrons. The van der Waals surface area contributed by atoms with Crippen molar-refractivity contribution in [3.8, 4) is 11.4 Å². The fraction of sp³-hybridized carbons (Fsp3) is 0.656. The van der Waals surface area contributed by atoms with Gasteiger partial charge in [-0.05, 0) is 67.7 Å². The summed E-state index contributed by atoms with van der Waals surface area (Å²) in [4.78, 5) is 110. The number of aryl methyl sites for hydroxylation is 1. The van der Waals surface area contributed by atoms with Crippen LogP contribution in [-0.2, 0) is 101 Å². The molecule has 1 fully saturated rings. The number of fused-ring (bicyclic) bond motifs is 5. The van der Waals surface area contributed by atoms with Crippen LogP contribution in [0.3, 0.4) is 0 Å². The Hall–Kier alpha value is -6.36. The van der Waals surface area contributed by atoms with Gasteiger partial charge in [-0.2, -0.15) is 0 Å². The molecule has 7 rings (SSSR count). The van der Waals surface area contributed by atoms with Crippen molar-refractivity contribution < 1.29 is 85.7 Å². The molecule has 87 heavy (non-hydrogen) atoms. The molecule has 6 amide bonds. The molecule has 5 N–H and O–H groups in total. The van der Waals surface area contributed by atoms with Gasteiger partial charge < -0.3 is 73.6 Å². The van der Waals surface area contributed by atoms with Crippen molar-refractivity contribution in [2.45, 2.75) is 124 Å². The van der Waals surface area contributed by atoms with Gasteiger partial charge in [0.1, 0.15) is 24.5 Å². The van der Waals surface area contributed by atoms with E-state index >= 15 is 4.39 Å². The zero-order valence-corrected chi connectivity index (χ0v) is 51.1. The van der Waals surface area contributed by atoms with Crippen molar-refractivity contribution in [3.05, 3.63) is 61.7 Å². The average molecular weight is 1220 g/mol. The normalized spacial score (nSPS) is 18.4. The monoisotopic (exact) mass is 1220 g/mol. The van der Waals surface area contributed by atoms with E-state index in [1.54, 1.807) is 40.7 Å². The van der Waals surface area contributed by atoms with Gasteiger partial charge in [-0.25, -0.2) is 14.2 Å². The minimum atomic E-state index is -2.04. The van der Waals surface area contributed by atoms with Crippen molar-refractivity contribution >= 4 is 52.3 Å². The third-order valence-electron chi connectivity index (χ3n) is 16.0. The predicted octanol–water partition coefficient (Wildman–Crippen LogP) is 2.34. The maximum absolute atomic E-state index is 15.5. The van der Waals surface area contributed by atoms with Crippen LogP contribution in [0.15, 0.2) is 16.9 Å². The maximum Gasteiger partial charge on any atom is 0.343 e. The summed E-state index contributed by atoms with van der Waals surface area (Å²) >= 11 is 0. The minimum absolute atomic E-state index is 0.0180. The number of carbonyl (C=O) groups excluding carboxylic acids is 7. The summed E-state index contributed by atoms with van der Waals surface area (Å²) < 4.78 is 66.3. The van der Waals surface area contributed by atoms with E-state index in [4.69, 9.17) is 47.6 Å². The Bertz CT molecular complexity index is 2990. The van der Waals surface area contributed by atoms with Crippen LogP contribution in [0.25, 0.3) is 22.3 Å². The second kappa shape index (κ2) is 32.7. The molecule has 1 aromatic carbocycles. The highest BCUT2D eigenvalue weighted by molar-refractivity contribution is 6.04. The molecule has 0 bridgehead atoms. The predicted molar refractivity (Wildman–Crippen MR) is 311 cm³/mol. The highest BCUT2D eigenvalue weighted by atomic mass is 19.1. The second-order valence-corrected chi connectivity index (χ2v) is 22.6. The van der Waals surface area contributed by atoms with Gasteiger partial charge in [0.05, 0.1) is 141 Å². The van der Waals surface area contributed by atoms with Crippen molar-refractivity contribution in [1.29, 1.82) is 0 Å². The van der Waals surface area contributed by atoms with Gasteiger partial charge in [-0.3, -0.25) is 38.5 Å². The number of benzene rings is 1. The van der Waals surface area contributed by atoms with Crippen molar-refractivity contribution in [2.75, 3.05) is 119 Å². The van der Waals surface area contributed by atoms with Crippen LogP contribution >= 0.6 is 0 Å². The summed E-state index contributed by atoms with van der Waals surface area (Å²) in [6, 6.07) is 0.297. The van der Waals surface area contributed by atoms with Crippen molar-refractivity contribution in [2.24, 2.45) is 17.8 Å². The van der Waals surface area contributed by atoms with Crippen LogP contribution < -0.4 is 26.8 Å². The lowest BCUT2D eigenvalue weighted by atomic mass is 9.81. The minimum Gasteiger partial charge on any atom is -0.458 e. The first kappa shape index (κ1) is 68.1.